The molecule has 1 aromatic heterocycles. The highest BCUT2D eigenvalue weighted by Crippen LogP contribution is 2.46. The molecule has 3 aliphatic rings. The third-order valence-corrected chi connectivity index (χ3v) is 8.01. The molecule has 1 aliphatic heterocycles. The minimum Gasteiger partial charge on any atom is -0.460 e. The summed E-state index contributed by atoms with van der Waals surface area (Å²) in [5, 5.41) is 0. The van der Waals surface area contributed by atoms with Gasteiger partial charge in [0.25, 0.3) is 0 Å². The fourth-order valence-electron chi connectivity index (χ4n) is 5.98. The molecule has 3 aromatic rings. The van der Waals surface area contributed by atoms with Crippen LogP contribution >= 0.6 is 0 Å². The van der Waals surface area contributed by atoms with Crippen LogP contribution < -0.4 is 0 Å². The number of halogens is 1. The van der Waals surface area contributed by atoms with Crippen molar-refractivity contribution in [2.24, 2.45) is 0 Å². The molecule has 2 aromatic carbocycles. The average molecular weight is 580 g/mol. The van der Waals surface area contributed by atoms with Gasteiger partial charge in [-0.15, -0.1) is 0 Å². The van der Waals surface area contributed by atoms with Crippen molar-refractivity contribution in [2.75, 3.05) is 0 Å². The minimum absolute atomic E-state index is 0.162. The maximum Gasteiger partial charge on any atom is 0.462 e. The highest BCUT2D eigenvalue weighted by atomic mass is 19.1. The van der Waals surface area contributed by atoms with Gasteiger partial charge in [-0.2, -0.15) is 0 Å². The summed E-state index contributed by atoms with van der Waals surface area (Å²) in [5.74, 6) is -0.102. The molecule has 0 N–H and O–H groups in total. The van der Waals surface area contributed by atoms with Crippen molar-refractivity contribution >= 4 is 25.2 Å². The molecule has 222 valence electrons. The van der Waals surface area contributed by atoms with Crippen molar-refractivity contribution in [3.63, 3.8) is 0 Å². The number of aromatic nitrogens is 1. The Bertz CT molecular complexity index is 1510. The van der Waals surface area contributed by atoms with E-state index in [9.17, 15) is 9.18 Å². The van der Waals surface area contributed by atoms with E-state index in [1.165, 1.54) is 12.1 Å². The summed E-state index contributed by atoms with van der Waals surface area (Å²) < 4.78 is 32.3. The smallest absolute Gasteiger partial charge is 0.460 e. The first-order valence-electron chi connectivity index (χ1n) is 15.5. The third kappa shape index (κ3) is 7.52. The van der Waals surface area contributed by atoms with E-state index in [0.717, 1.165) is 64.9 Å². The normalized spacial score (nSPS) is 20.3. The zero-order valence-corrected chi connectivity index (χ0v) is 25.2. The van der Waals surface area contributed by atoms with Gasteiger partial charge in [0.1, 0.15) is 11.4 Å². The largest absolute Gasteiger partial charge is 0.462 e. The number of esters is 1. The number of benzene rings is 2. The zero-order valence-electron chi connectivity index (χ0n) is 25.2. The summed E-state index contributed by atoms with van der Waals surface area (Å²) in [6.07, 6.45) is 13.4. The van der Waals surface area contributed by atoms with Crippen molar-refractivity contribution in [2.45, 2.75) is 89.3 Å². The molecule has 2 fully saturated rings. The number of hydrogen-bond donors (Lipinski definition) is 0. The fraction of sp³-hybridized carbons (Fsp3) is 0.389. The molecule has 0 spiro atoms. The van der Waals surface area contributed by atoms with Gasteiger partial charge in [0.05, 0.1) is 24.3 Å². The van der Waals surface area contributed by atoms with E-state index in [1.54, 1.807) is 0 Å². The van der Waals surface area contributed by atoms with E-state index in [0.29, 0.717) is 18.7 Å². The molecule has 1 saturated carbocycles. The Hall–Kier alpha value is -3.55. The van der Waals surface area contributed by atoms with Crippen molar-refractivity contribution in [1.82, 2.24) is 4.98 Å². The van der Waals surface area contributed by atoms with Crippen LogP contribution in [0.25, 0.3) is 23.3 Å². The molecular weight excluding hydrogens is 540 g/mol. The van der Waals surface area contributed by atoms with Crippen LogP contribution in [0.1, 0.15) is 86.9 Å². The summed E-state index contributed by atoms with van der Waals surface area (Å²) in [6, 6.07) is 16.9. The van der Waals surface area contributed by atoms with Gasteiger partial charge in [0, 0.05) is 35.5 Å². The van der Waals surface area contributed by atoms with Crippen molar-refractivity contribution in [3.8, 4) is 11.1 Å². The third-order valence-electron chi connectivity index (χ3n) is 8.01. The van der Waals surface area contributed by atoms with Crippen molar-refractivity contribution in [3.05, 3.63) is 101 Å². The maximum absolute atomic E-state index is 14.0. The second-order valence-electron chi connectivity index (χ2n) is 12.8. The monoisotopic (exact) mass is 579 g/mol. The quantitative estimate of drug-likeness (QED) is 0.201. The maximum atomic E-state index is 14.0. The lowest BCUT2D eigenvalue weighted by atomic mass is 9.77. The van der Waals surface area contributed by atoms with E-state index >= 15 is 0 Å². The van der Waals surface area contributed by atoms with E-state index in [4.69, 9.17) is 19.0 Å². The van der Waals surface area contributed by atoms with E-state index in [-0.39, 0.29) is 30.4 Å². The van der Waals surface area contributed by atoms with Gasteiger partial charge in [-0.3, -0.25) is 9.78 Å². The van der Waals surface area contributed by atoms with Gasteiger partial charge < -0.3 is 14.0 Å². The zero-order chi connectivity index (χ0) is 30.0. The number of rotatable bonds is 8. The predicted octanol–water partition coefficient (Wildman–Crippen LogP) is 7.91. The fourth-order valence-corrected chi connectivity index (χ4v) is 5.98. The predicted molar refractivity (Wildman–Crippen MR) is 169 cm³/mol. The second kappa shape index (κ2) is 12.6. The molecule has 0 radical (unpaired) electrons. The first-order valence-corrected chi connectivity index (χ1v) is 15.5. The summed E-state index contributed by atoms with van der Waals surface area (Å²) in [4.78, 5) is 18.0. The van der Waals surface area contributed by atoms with Crippen molar-refractivity contribution < 1.29 is 23.2 Å². The van der Waals surface area contributed by atoms with Gasteiger partial charge in [-0.1, -0.05) is 72.3 Å². The lowest BCUT2D eigenvalue weighted by Crippen LogP contribution is -2.43. The number of carbonyl (C=O) groups is 1. The molecular formula is C36H39BFNO4. The molecule has 2 atom stereocenters. The Morgan fingerprint density at radius 1 is 1.09 bits per heavy atom. The highest BCUT2D eigenvalue weighted by Gasteiger charge is 2.36. The number of hydrogen-bond acceptors (Lipinski definition) is 5. The molecule has 0 bridgehead atoms. The number of ether oxygens (including phenoxy) is 1. The van der Waals surface area contributed by atoms with Crippen molar-refractivity contribution in [1.29, 1.82) is 0 Å². The summed E-state index contributed by atoms with van der Waals surface area (Å²) >= 11 is 0. The number of pyridine rings is 1. The lowest BCUT2D eigenvalue weighted by Gasteiger charge is -2.33. The topological polar surface area (TPSA) is 57.7 Å². The minimum atomic E-state index is -0.561. The first-order chi connectivity index (χ1) is 20.7. The van der Waals surface area contributed by atoms with E-state index < -0.39 is 12.7 Å². The van der Waals surface area contributed by atoms with Crippen LogP contribution in [0.4, 0.5) is 4.39 Å². The van der Waals surface area contributed by atoms with E-state index in [2.05, 4.69) is 36.4 Å². The molecule has 2 heterocycles. The summed E-state index contributed by atoms with van der Waals surface area (Å²) in [6.45, 7) is 5.62. The highest BCUT2D eigenvalue weighted by molar-refractivity contribution is 6.44. The lowest BCUT2D eigenvalue weighted by molar-refractivity contribution is -0.157. The van der Waals surface area contributed by atoms with Crippen LogP contribution in [0, 0.1) is 5.82 Å². The van der Waals surface area contributed by atoms with Crippen LogP contribution in [-0.2, 0) is 31.6 Å². The molecule has 1 saturated heterocycles. The Morgan fingerprint density at radius 3 is 2.58 bits per heavy atom. The van der Waals surface area contributed by atoms with E-state index in [1.807, 2.05) is 51.1 Å². The number of aryl methyl sites for hydroxylation is 1. The number of carbonyl (C=O) groups excluding carboxylic acids is 1. The van der Waals surface area contributed by atoms with Gasteiger partial charge in [0.15, 0.2) is 0 Å². The number of nitrogens with zero attached hydrogens (tertiary/aromatic N) is 1. The summed E-state index contributed by atoms with van der Waals surface area (Å²) in [5.41, 5.74) is 7.02. The SMILES string of the molecule is CC(C)(C)OC(=O)CC1CC(/C=C/c2c(C3CC3)nc3c(c2-c2ccc(F)cc2)C=CCC3)OB(Cc2ccccc2)O1. The van der Waals surface area contributed by atoms with Crippen LogP contribution in [0.15, 0.2) is 66.7 Å². The van der Waals surface area contributed by atoms with Gasteiger partial charge >= 0.3 is 13.1 Å². The Labute approximate surface area is 254 Å². The number of allylic oxidation sites excluding steroid dienone is 1. The molecule has 7 heteroatoms. The van der Waals surface area contributed by atoms with Crippen LogP contribution in [0.3, 0.4) is 0 Å². The molecule has 2 aliphatic carbocycles. The Balaban J connectivity index is 1.33. The number of fused-ring (bicyclic) bond motifs is 1. The second-order valence-corrected chi connectivity index (χ2v) is 12.8. The summed E-state index contributed by atoms with van der Waals surface area (Å²) in [7, 11) is -0.498. The standard InChI is InChI=1S/C36H39BFNO4/c1-36(2,3)41-33(40)22-29-21-28(42-37(43-29)23-24-9-5-4-6-10-24)19-20-31-34(25-15-17-27(38)18-16-25)30-11-7-8-12-32(30)39-35(31)26-13-14-26/h4-7,9-11,15-20,26,28-29H,8,12-14,21-23H2,1-3H3/b20-19+. The van der Waals surface area contributed by atoms with Crippen LogP contribution in [0.5, 0.6) is 0 Å². The average Bonchev–Trinajstić information content (AvgIpc) is 3.81. The molecule has 6 rings (SSSR count). The van der Waals surface area contributed by atoms with Crippen LogP contribution in [0.2, 0.25) is 0 Å². The molecule has 0 amide bonds. The first kappa shape index (κ1) is 29.5. The van der Waals surface area contributed by atoms with Crippen LogP contribution in [-0.4, -0.2) is 35.9 Å². The molecule has 5 nitrogen and oxygen atoms in total. The molecule has 43 heavy (non-hydrogen) atoms. The Morgan fingerprint density at radius 2 is 1.86 bits per heavy atom. The van der Waals surface area contributed by atoms with Gasteiger partial charge in [-0.25, -0.2) is 4.39 Å². The van der Waals surface area contributed by atoms with Gasteiger partial charge in [-0.05, 0) is 69.7 Å². The Kier molecular flexibility index (Phi) is 8.65. The van der Waals surface area contributed by atoms with Gasteiger partial charge in [0.2, 0.25) is 0 Å². The molecule has 2 unspecified atom stereocenters.